The van der Waals surface area contributed by atoms with Crippen molar-refractivity contribution in [2.45, 2.75) is 13.8 Å². The molecule has 6 nitrogen and oxygen atoms in total. The molecule has 112 valence electrons. The number of aliphatic carboxylic acids is 1. The maximum atomic E-state index is 11.0. The first kappa shape index (κ1) is 15.0. The fourth-order valence-electron chi connectivity index (χ4n) is 2.54. The zero-order chi connectivity index (χ0) is 15.6. The maximum Gasteiger partial charge on any atom is 0.328 e. The van der Waals surface area contributed by atoms with Gasteiger partial charge in [0.1, 0.15) is 0 Å². The van der Waals surface area contributed by atoms with Crippen molar-refractivity contribution in [3.63, 3.8) is 0 Å². The maximum absolute atomic E-state index is 11.0. The lowest BCUT2D eigenvalue weighted by atomic mass is 10.0. The summed E-state index contributed by atoms with van der Waals surface area (Å²) in [4.78, 5) is 23.3. The second-order valence-corrected chi connectivity index (χ2v) is 5.53. The predicted molar refractivity (Wildman–Crippen MR) is 80.3 cm³/mol. The van der Waals surface area contributed by atoms with E-state index in [1.54, 1.807) is 12.1 Å². The van der Waals surface area contributed by atoms with Crippen molar-refractivity contribution in [1.82, 2.24) is 0 Å². The second kappa shape index (κ2) is 5.95. The van der Waals surface area contributed by atoms with Gasteiger partial charge in [0.2, 0.25) is 0 Å². The highest BCUT2D eigenvalue weighted by atomic mass is 16.6. The number of nitro benzene ring substituents is 1. The predicted octanol–water partition coefficient (Wildman–Crippen LogP) is 2.78. The van der Waals surface area contributed by atoms with Crippen LogP contribution < -0.4 is 4.90 Å². The summed E-state index contributed by atoms with van der Waals surface area (Å²) in [6.07, 6.45) is 2.19. The minimum atomic E-state index is -1.13. The normalized spacial score (nSPS) is 21.9. The fourth-order valence-corrected chi connectivity index (χ4v) is 2.54. The Morgan fingerprint density at radius 3 is 2.52 bits per heavy atom. The quantitative estimate of drug-likeness (QED) is 0.523. The standard InChI is InChI=1S/C15H18N2O4/c1-10-8-16(9-11(10)2)13-4-5-14(17(20)21)12(7-13)3-6-15(18)19/h3-7,10-11H,8-9H2,1-2H3,(H,18,19)/b6-3+. The summed E-state index contributed by atoms with van der Waals surface area (Å²) >= 11 is 0. The Balaban J connectivity index is 2.35. The molecule has 2 atom stereocenters. The average molecular weight is 290 g/mol. The Bertz CT molecular complexity index is 587. The van der Waals surface area contributed by atoms with E-state index in [4.69, 9.17) is 5.11 Å². The summed E-state index contributed by atoms with van der Waals surface area (Å²) < 4.78 is 0. The highest BCUT2D eigenvalue weighted by Gasteiger charge is 2.27. The van der Waals surface area contributed by atoms with E-state index in [1.807, 2.05) is 0 Å². The number of nitro groups is 1. The molecule has 21 heavy (non-hydrogen) atoms. The van der Waals surface area contributed by atoms with E-state index >= 15 is 0 Å². The van der Waals surface area contributed by atoms with Crippen LogP contribution in [0.5, 0.6) is 0 Å². The van der Waals surface area contributed by atoms with E-state index in [0.29, 0.717) is 17.4 Å². The van der Waals surface area contributed by atoms with Gasteiger partial charge < -0.3 is 10.0 Å². The van der Waals surface area contributed by atoms with Crippen molar-refractivity contribution in [3.8, 4) is 0 Å². The van der Waals surface area contributed by atoms with Crippen molar-refractivity contribution in [2.24, 2.45) is 11.8 Å². The van der Waals surface area contributed by atoms with Crippen molar-refractivity contribution in [2.75, 3.05) is 18.0 Å². The molecule has 1 N–H and O–H groups in total. The molecule has 1 aromatic carbocycles. The highest BCUT2D eigenvalue weighted by Crippen LogP contribution is 2.31. The van der Waals surface area contributed by atoms with Crippen LogP contribution in [0.4, 0.5) is 11.4 Å². The number of carbonyl (C=O) groups is 1. The lowest BCUT2D eigenvalue weighted by Gasteiger charge is -2.18. The van der Waals surface area contributed by atoms with Gasteiger partial charge in [-0.25, -0.2) is 4.79 Å². The summed E-state index contributed by atoms with van der Waals surface area (Å²) in [6, 6.07) is 4.84. The van der Waals surface area contributed by atoms with Crippen molar-refractivity contribution in [1.29, 1.82) is 0 Å². The Morgan fingerprint density at radius 1 is 1.38 bits per heavy atom. The third kappa shape index (κ3) is 3.39. The van der Waals surface area contributed by atoms with Gasteiger partial charge in [0, 0.05) is 30.9 Å². The number of benzene rings is 1. The smallest absolute Gasteiger partial charge is 0.328 e. The molecule has 2 unspecified atom stereocenters. The van der Waals surface area contributed by atoms with E-state index in [9.17, 15) is 14.9 Å². The van der Waals surface area contributed by atoms with Gasteiger partial charge >= 0.3 is 5.97 Å². The largest absolute Gasteiger partial charge is 0.478 e. The zero-order valence-corrected chi connectivity index (χ0v) is 12.0. The second-order valence-electron chi connectivity index (χ2n) is 5.53. The van der Waals surface area contributed by atoms with Gasteiger partial charge in [-0.15, -0.1) is 0 Å². The van der Waals surface area contributed by atoms with E-state index in [-0.39, 0.29) is 5.69 Å². The Labute approximate surface area is 122 Å². The molecule has 2 rings (SSSR count). The lowest BCUT2D eigenvalue weighted by molar-refractivity contribution is -0.385. The number of carboxylic acids is 1. The van der Waals surface area contributed by atoms with Gasteiger partial charge in [0.25, 0.3) is 5.69 Å². The van der Waals surface area contributed by atoms with Gasteiger partial charge in [0.15, 0.2) is 0 Å². The van der Waals surface area contributed by atoms with Crippen LogP contribution >= 0.6 is 0 Å². The van der Waals surface area contributed by atoms with E-state index < -0.39 is 10.9 Å². The number of hydrogen-bond acceptors (Lipinski definition) is 4. The van der Waals surface area contributed by atoms with Crippen LogP contribution in [0.25, 0.3) is 6.08 Å². The molecule has 1 aromatic rings. The summed E-state index contributed by atoms with van der Waals surface area (Å²) in [5, 5.41) is 19.7. The zero-order valence-electron chi connectivity index (χ0n) is 12.0. The molecule has 1 aliphatic rings. The van der Waals surface area contributed by atoms with Gasteiger partial charge in [-0.3, -0.25) is 10.1 Å². The molecule has 1 saturated heterocycles. The Hall–Kier alpha value is -2.37. The first-order valence-corrected chi connectivity index (χ1v) is 6.83. The van der Waals surface area contributed by atoms with Gasteiger partial charge in [-0.1, -0.05) is 13.8 Å². The average Bonchev–Trinajstić information content (AvgIpc) is 2.76. The highest BCUT2D eigenvalue weighted by molar-refractivity contribution is 5.86. The van der Waals surface area contributed by atoms with Crippen LogP contribution in [0.3, 0.4) is 0 Å². The van der Waals surface area contributed by atoms with Crippen molar-refractivity contribution < 1.29 is 14.8 Å². The van der Waals surface area contributed by atoms with E-state index in [1.165, 1.54) is 12.1 Å². The number of anilines is 1. The van der Waals surface area contributed by atoms with Crippen molar-refractivity contribution in [3.05, 3.63) is 40.0 Å². The summed E-state index contributed by atoms with van der Waals surface area (Å²) in [5.41, 5.74) is 1.12. The first-order valence-electron chi connectivity index (χ1n) is 6.83. The lowest BCUT2D eigenvalue weighted by Crippen LogP contribution is -2.19. The molecule has 0 aliphatic carbocycles. The monoisotopic (exact) mass is 290 g/mol. The minimum Gasteiger partial charge on any atom is -0.478 e. The summed E-state index contributed by atoms with van der Waals surface area (Å²) in [6.45, 7) is 6.17. The molecule has 0 amide bonds. The van der Waals surface area contributed by atoms with Crippen LogP contribution in [0.15, 0.2) is 24.3 Å². The molecular formula is C15H18N2O4. The van der Waals surface area contributed by atoms with Crippen LogP contribution in [-0.2, 0) is 4.79 Å². The number of nitrogens with zero attached hydrogens (tertiary/aromatic N) is 2. The van der Waals surface area contributed by atoms with Crippen LogP contribution in [-0.4, -0.2) is 29.1 Å². The molecule has 0 aromatic heterocycles. The summed E-state index contributed by atoms with van der Waals surface area (Å²) in [7, 11) is 0. The molecule has 0 bridgehead atoms. The third-order valence-corrected chi connectivity index (χ3v) is 3.97. The molecule has 1 heterocycles. The van der Waals surface area contributed by atoms with Gasteiger partial charge in [-0.05, 0) is 30.0 Å². The molecule has 0 spiro atoms. The van der Waals surface area contributed by atoms with Crippen LogP contribution in [0.2, 0.25) is 0 Å². The number of rotatable bonds is 4. The molecular weight excluding hydrogens is 272 g/mol. The third-order valence-electron chi connectivity index (χ3n) is 3.97. The Kier molecular flexibility index (Phi) is 4.26. The topological polar surface area (TPSA) is 83.7 Å². The number of carboxylic acid groups (broad SMARTS) is 1. The SMILES string of the molecule is CC1CN(c2ccc([N+](=O)[O-])c(/C=C/C(=O)O)c2)CC1C. The minimum absolute atomic E-state index is 0.0865. The molecule has 6 heteroatoms. The Morgan fingerprint density at radius 2 is 2.00 bits per heavy atom. The van der Waals surface area contributed by atoms with Crippen LogP contribution in [0.1, 0.15) is 19.4 Å². The van der Waals surface area contributed by atoms with Gasteiger partial charge in [0.05, 0.1) is 10.5 Å². The van der Waals surface area contributed by atoms with E-state index in [2.05, 4.69) is 18.7 Å². The number of hydrogen-bond donors (Lipinski definition) is 1. The molecule has 0 saturated carbocycles. The van der Waals surface area contributed by atoms with Gasteiger partial charge in [-0.2, -0.15) is 0 Å². The van der Waals surface area contributed by atoms with Crippen LogP contribution in [0, 0.1) is 22.0 Å². The fraction of sp³-hybridized carbons (Fsp3) is 0.400. The first-order chi connectivity index (χ1) is 9.88. The molecule has 0 radical (unpaired) electrons. The molecule has 1 aliphatic heterocycles. The molecule has 1 fully saturated rings. The summed E-state index contributed by atoms with van der Waals surface area (Å²) in [5.74, 6) is 0.00882. The van der Waals surface area contributed by atoms with E-state index in [0.717, 1.165) is 24.9 Å². The van der Waals surface area contributed by atoms with Crippen molar-refractivity contribution >= 4 is 23.4 Å².